The van der Waals surface area contributed by atoms with E-state index in [2.05, 4.69) is 9.97 Å². The molecule has 2 aromatic heterocycles. The van der Waals surface area contributed by atoms with Crippen molar-refractivity contribution >= 4 is 55.0 Å². The van der Waals surface area contributed by atoms with Crippen LogP contribution in [0.25, 0.3) is 20.4 Å². The van der Waals surface area contributed by atoms with Gasteiger partial charge in [-0.05, 0) is 30.3 Å². The van der Waals surface area contributed by atoms with Crippen LogP contribution < -0.4 is 0 Å². The maximum Gasteiger partial charge on any atom is 0.338 e. The SMILES string of the molecule is CN(Cc1nc2ccccc2s1)C(=O)COC(=O)c1ccc2ncsc2c1. The third-order valence-corrected chi connectivity index (χ3v) is 5.84. The zero-order valence-electron chi connectivity index (χ0n) is 14.4. The summed E-state index contributed by atoms with van der Waals surface area (Å²) in [6.07, 6.45) is 0. The minimum absolute atomic E-state index is 0.276. The second-order valence-corrected chi connectivity index (χ2v) is 7.94. The number of nitrogens with zero attached hydrogens (tertiary/aromatic N) is 3. The van der Waals surface area contributed by atoms with E-state index < -0.39 is 5.97 Å². The van der Waals surface area contributed by atoms with Crippen molar-refractivity contribution < 1.29 is 14.3 Å². The largest absolute Gasteiger partial charge is 0.452 e. The van der Waals surface area contributed by atoms with Gasteiger partial charge in [0.2, 0.25) is 0 Å². The lowest BCUT2D eigenvalue weighted by atomic mass is 10.2. The van der Waals surface area contributed by atoms with Crippen molar-refractivity contribution in [3.8, 4) is 0 Å². The van der Waals surface area contributed by atoms with Crippen LogP contribution in [0.5, 0.6) is 0 Å². The number of amides is 1. The molecule has 2 heterocycles. The van der Waals surface area contributed by atoms with Crippen LogP contribution in [0.2, 0.25) is 0 Å². The van der Waals surface area contributed by atoms with Gasteiger partial charge in [-0.15, -0.1) is 22.7 Å². The Morgan fingerprint density at radius 3 is 2.81 bits per heavy atom. The summed E-state index contributed by atoms with van der Waals surface area (Å²) in [5, 5.41) is 0.842. The lowest BCUT2D eigenvalue weighted by Gasteiger charge is -2.15. The molecule has 0 unspecified atom stereocenters. The fourth-order valence-electron chi connectivity index (χ4n) is 2.58. The highest BCUT2D eigenvalue weighted by molar-refractivity contribution is 7.18. The Labute approximate surface area is 163 Å². The van der Waals surface area contributed by atoms with Crippen LogP contribution in [0.3, 0.4) is 0 Å². The Morgan fingerprint density at radius 1 is 1.11 bits per heavy atom. The first-order valence-corrected chi connectivity index (χ1v) is 9.88. The molecule has 4 aromatic rings. The average molecular weight is 397 g/mol. The molecule has 136 valence electrons. The lowest BCUT2D eigenvalue weighted by molar-refractivity contribution is -0.133. The van der Waals surface area contributed by atoms with Crippen LogP contribution in [0.15, 0.2) is 48.0 Å². The van der Waals surface area contributed by atoms with Crippen molar-refractivity contribution in [2.24, 2.45) is 0 Å². The minimum atomic E-state index is -0.521. The Bertz CT molecular complexity index is 1100. The van der Waals surface area contributed by atoms with Crippen LogP contribution in [0, 0.1) is 0 Å². The normalized spacial score (nSPS) is 11.0. The molecule has 0 aliphatic carbocycles. The van der Waals surface area contributed by atoms with Gasteiger partial charge in [0.1, 0.15) is 5.01 Å². The first-order chi connectivity index (χ1) is 13.1. The van der Waals surface area contributed by atoms with Gasteiger partial charge in [0.25, 0.3) is 5.91 Å². The molecular formula is C19H15N3O3S2. The van der Waals surface area contributed by atoms with Crippen LogP contribution >= 0.6 is 22.7 Å². The van der Waals surface area contributed by atoms with Crippen LogP contribution in [0.1, 0.15) is 15.4 Å². The molecule has 0 spiro atoms. The predicted octanol–water partition coefficient (Wildman–Crippen LogP) is 3.72. The van der Waals surface area contributed by atoms with Crippen LogP contribution in [-0.2, 0) is 16.1 Å². The van der Waals surface area contributed by atoms with Crippen molar-refractivity contribution in [2.45, 2.75) is 6.54 Å². The number of fused-ring (bicyclic) bond motifs is 2. The van der Waals surface area contributed by atoms with Gasteiger partial charge in [-0.1, -0.05) is 12.1 Å². The van der Waals surface area contributed by atoms with Crippen molar-refractivity contribution in [1.82, 2.24) is 14.9 Å². The molecular weight excluding hydrogens is 382 g/mol. The second kappa shape index (κ2) is 7.42. The molecule has 0 aliphatic rings. The summed E-state index contributed by atoms with van der Waals surface area (Å²) in [6.45, 7) is 0.0729. The Morgan fingerprint density at radius 2 is 1.96 bits per heavy atom. The number of esters is 1. The molecule has 27 heavy (non-hydrogen) atoms. The molecule has 0 fully saturated rings. The van der Waals surface area contributed by atoms with Crippen molar-refractivity contribution in [3.63, 3.8) is 0 Å². The highest BCUT2D eigenvalue weighted by Gasteiger charge is 2.16. The molecule has 0 saturated heterocycles. The third-order valence-electron chi connectivity index (χ3n) is 4.03. The van der Waals surface area contributed by atoms with E-state index in [1.807, 2.05) is 24.3 Å². The van der Waals surface area contributed by atoms with Crippen molar-refractivity contribution in [3.05, 3.63) is 58.5 Å². The van der Waals surface area contributed by atoms with E-state index in [-0.39, 0.29) is 12.5 Å². The summed E-state index contributed by atoms with van der Waals surface area (Å²) < 4.78 is 7.16. The number of likely N-dealkylation sites (N-methyl/N-ethyl adjacent to an activating group) is 1. The van der Waals surface area contributed by atoms with Crippen molar-refractivity contribution in [2.75, 3.05) is 13.7 Å². The molecule has 6 nitrogen and oxygen atoms in total. The van der Waals surface area contributed by atoms with E-state index in [1.54, 1.807) is 42.1 Å². The summed E-state index contributed by atoms with van der Waals surface area (Å²) in [5.41, 5.74) is 3.89. The second-order valence-electron chi connectivity index (χ2n) is 5.94. The van der Waals surface area contributed by atoms with E-state index in [0.717, 1.165) is 25.4 Å². The molecule has 0 aliphatic heterocycles. The summed E-state index contributed by atoms with van der Waals surface area (Å²) in [7, 11) is 1.67. The van der Waals surface area contributed by atoms with Gasteiger partial charge in [0.05, 0.1) is 38.1 Å². The van der Waals surface area contributed by atoms with E-state index in [1.165, 1.54) is 16.2 Å². The maximum absolute atomic E-state index is 12.3. The molecule has 0 atom stereocenters. The smallest absolute Gasteiger partial charge is 0.338 e. The van der Waals surface area contributed by atoms with E-state index in [9.17, 15) is 9.59 Å². The molecule has 1 amide bonds. The number of benzene rings is 2. The number of aromatic nitrogens is 2. The number of hydrogen-bond donors (Lipinski definition) is 0. The fourth-order valence-corrected chi connectivity index (χ4v) is 4.32. The summed E-state index contributed by atoms with van der Waals surface area (Å²) in [5.74, 6) is -0.798. The van der Waals surface area contributed by atoms with Crippen molar-refractivity contribution in [1.29, 1.82) is 0 Å². The maximum atomic E-state index is 12.3. The van der Waals surface area contributed by atoms with Gasteiger partial charge < -0.3 is 9.64 Å². The van der Waals surface area contributed by atoms with Crippen LogP contribution in [-0.4, -0.2) is 40.4 Å². The highest BCUT2D eigenvalue weighted by atomic mass is 32.1. The number of carbonyl (C=O) groups excluding carboxylic acids is 2. The van der Waals surface area contributed by atoms with Crippen LogP contribution in [0.4, 0.5) is 0 Å². The Hall–Kier alpha value is -2.84. The quantitative estimate of drug-likeness (QED) is 0.480. The molecule has 0 saturated carbocycles. The van der Waals surface area contributed by atoms with Gasteiger partial charge in [0, 0.05) is 7.05 Å². The fraction of sp³-hybridized carbons (Fsp3) is 0.158. The zero-order chi connectivity index (χ0) is 18.8. The number of hydrogen-bond acceptors (Lipinski definition) is 7. The molecule has 8 heteroatoms. The summed E-state index contributed by atoms with van der Waals surface area (Å²) >= 11 is 3.00. The number of ether oxygens (including phenoxy) is 1. The van der Waals surface area contributed by atoms with E-state index in [4.69, 9.17) is 4.74 Å². The predicted molar refractivity (Wildman–Crippen MR) is 106 cm³/mol. The summed E-state index contributed by atoms with van der Waals surface area (Å²) in [4.78, 5) is 34.7. The third kappa shape index (κ3) is 3.81. The number of carbonyl (C=O) groups is 2. The van der Waals surface area contributed by atoms with Gasteiger partial charge >= 0.3 is 5.97 Å². The van der Waals surface area contributed by atoms with E-state index >= 15 is 0 Å². The number of thiazole rings is 2. The Kier molecular flexibility index (Phi) is 4.83. The lowest BCUT2D eigenvalue weighted by Crippen LogP contribution is -2.30. The monoisotopic (exact) mass is 397 g/mol. The highest BCUT2D eigenvalue weighted by Crippen LogP contribution is 2.22. The molecule has 2 aromatic carbocycles. The minimum Gasteiger partial charge on any atom is -0.452 e. The van der Waals surface area contributed by atoms with Gasteiger partial charge in [-0.2, -0.15) is 0 Å². The van der Waals surface area contributed by atoms with Gasteiger partial charge in [0.15, 0.2) is 6.61 Å². The summed E-state index contributed by atoms with van der Waals surface area (Å²) in [6, 6.07) is 13.0. The number of para-hydroxylation sites is 1. The number of rotatable bonds is 5. The van der Waals surface area contributed by atoms with Gasteiger partial charge in [-0.25, -0.2) is 14.8 Å². The van der Waals surface area contributed by atoms with Gasteiger partial charge in [-0.3, -0.25) is 4.79 Å². The standard InChI is InChI=1S/C19H15N3O3S2/c1-22(9-17-21-14-4-2-3-5-15(14)27-17)18(23)10-25-19(24)12-6-7-13-16(8-12)26-11-20-13/h2-8,11H,9-10H2,1H3. The van der Waals surface area contributed by atoms with E-state index in [0.29, 0.717) is 12.1 Å². The topological polar surface area (TPSA) is 72.4 Å². The Balaban J connectivity index is 1.35. The molecule has 0 N–H and O–H groups in total. The first-order valence-electron chi connectivity index (χ1n) is 8.19. The first kappa shape index (κ1) is 17.6. The molecule has 0 bridgehead atoms. The zero-order valence-corrected chi connectivity index (χ0v) is 16.0. The molecule has 4 rings (SSSR count). The molecule has 0 radical (unpaired) electrons. The average Bonchev–Trinajstić information content (AvgIpc) is 3.30.